The van der Waals surface area contributed by atoms with Crippen molar-refractivity contribution in [3.05, 3.63) is 98.2 Å². The molecule has 1 saturated heterocycles. The summed E-state index contributed by atoms with van der Waals surface area (Å²) in [5.41, 5.74) is 6.64. The molecular formula is C22H25N5O4S. The maximum absolute atomic E-state index is 12.9. The van der Waals surface area contributed by atoms with Crippen LogP contribution < -0.4 is 17.0 Å². The third-order valence-electron chi connectivity index (χ3n) is 5.62. The molecule has 32 heavy (non-hydrogen) atoms. The molecule has 4 rings (SSSR count). The predicted octanol–water partition coefficient (Wildman–Crippen LogP) is 0.882. The average Bonchev–Trinajstić information content (AvgIpc) is 2.77. The monoisotopic (exact) mass is 455 g/mol. The fourth-order valence-electron chi connectivity index (χ4n) is 4.10. The van der Waals surface area contributed by atoms with E-state index in [1.54, 1.807) is 12.1 Å². The molecule has 3 aromatic rings. The quantitative estimate of drug-likeness (QED) is 0.506. The third kappa shape index (κ3) is 4.67. The number of hydrogen-bond donors (Lipinski definition) is 3. The molecular weight excluding hydrogens is 430 g/mol. The highest BCUT2D eigenvalue weighted by Gasteiger charge is 2.33. The van der Waals surface area contributed by atoms with Crippen molar-refractivity contribution in [2.24, 2.45) is 0 Å². The molecule has 1 atom stereocenters. The van der Waals surface area contributed by atoms with E-state index < -0.39 is 27.3 Å². The van der Waals surface area contributed by atoms with Crippen LogP contribution >= 0.6 is 0 Å². The highest BCUT2D eigenvalue weighted by Crippen LogP contribution is 2.30. The van der Waals surface area contributed by atoms with Gasteiger partial charge in [0.1, 0.15) is 5.82 Å². The van der Waals surface area contributed by atoms with Crippen molar-refractivity contribution in [3.8, 4) is 0 Å². The van der Waals surface area contributed by atoms with Gasteiger partial charge in [-0.2, -0.15) is 4.31 Å². The molecule has 4 N–H and O–H groups in total. The maximum atomic E-state index is 12.9. The van der Waals surface area contributed by atoms with Gasteiger partial charge in [-0.25, -0.2) is 13.2 Å². The van der Waals surface area contributed by atoms with Crippen LogP contribution in [0.25, 0.3) is 0 Å². The molecule has 9 nitrogen and oxygen atoms in total. The lowest BCUT2D eigenvalue weighted by molar-refractivity contribution is 0.155. The Morgan fingerprint density at radius 1 is 0.875 bits per heavy atom. The summed E-state index contributed by atoms with van der Waals surface area (Å²) < 4.78 is 27.3. The number of aromatic amines is 2. The Labute approximate surface area is 185 Å². The number of nitrogens with one attached hydrogen (secondary N) is 2. The van der Waals surface area contributed by atoms with Crippen molar-refractivity contribution in [1.29, 1.82) is 0 Å². The first-order valence-corrected chi connectivity index (χ1v) is 11.9. The van der Waals surface area contributed by atoms with Gasteiger partial charge in [0, 0.05) is 26.2 Å². The van der Waals surface area contributed by atoms with Gasteiger partial charge in [0.05, 0.1) is 17.4 Å². The van der Waals surface area contributed by atoms with Crippen LogP contribution in [0, 0.1) is 0 Å². The first-order chi connectivity index (χ1) is 15.3. The Balaban J connectivity index is 1.59. The largest absolute Gasteiger partial charge is 0.385 e. The van der Waals surface area contributed by atoms with Gasteiger partial charge in [-0.1, -0.05) is 60.7 Å². The average molecular weight is 456 g/mol. The Morgan fingerprint density at radius 2 is 1.47 bits per heavy atom. The number of piperazine rings is 1. The molecule has 0 saturated carbocycles. The molecule has 2 heterocycles. The van der Waals surface area contributed by atoms with E-state index in [0.29, 0.717) is 26.2 Å². The SMILES string of the molecule is Nc1[nH]c(=O)[nH]c(=O)c1[C@@H](c1ccccc1)N1CCN(S(=O)(=O)Cc2ccccc2)CC1. The van der Waals surface area contributed by atoms with E-state index in [4.69, 9.17) is 5.73 Å². The van der Waals surface area contributed by atoms with Crippen LogP contribution in [0.15, 0.2) is 70.3 Å². The van der Waals surface area contributed by atoms with Crippen molar-refractivity contribution in [2.45, 2.75) is 11.8 Å². The summed E-state index contributed by atoms with van der Waals surface area (Å²) in [6.07, 6.45) is 0. The van der Waals surface area contributed by atoms with Gasteiger partial charge >= 0.3 is 5.69 Å². The lowest BCUT2D eigenvalue weighted by Gasteiger charge is -2.39. The molecule has 0 aliphatic carbocycles. The Kier molecular flexibility index (Phi) is 6.26. The molecule has 0 radical (unpaired) electrons. The number of rotatable bonds is 6. The van der Waals surface area contributed by atoms with E-state index in [2.05, 4.69) is 9.97 Å². The fraction of sp³-hybridized carbons (Fsp3) is 0.273. The number of benzene rings is 2. The fourth-order valence-corrected chi connectivity index (χ4v) is 5.61. The number of nitrogens with zero attached hydrogens (tertiary/aromatic N) is 2. The van der Waals surface area contributed by atoms with Gasteiger partial charge < -0.3 is 5.73 Å². The van der Waals surface area contributed by atoms with Gasteiger partial charge in [0.25, 0.3) is 5.56 Å². The summed E-state index contributed by atoms with van der Waals surface area (Å²) in [5, 5.41) is 0. The number of nitrogens with two attached hydrogens (primary N) is 1. The van der Waals surface area contributed by atoms with Crippen LogP contribution in [-0.4, -0.2) is 53.8 Å². The molecule has 0 amide bonds. The summed E-state index contributed by atoms with van der Waals surface area (Å²) in [4.78, 5) is 31.0. The first-order valence-electron chi connectivity index (χ1n) is 10.3. The molecule has 0 unspecified atom stereocenters. The summed E-state index contributed by atoms with van der Waals surface area (Å²) in [5.74, 6) is -0.0468. The maximum Gasteiger partial charge on any atom is 0.327 e. The van der Waals surface area contributed by atoms with Gasteiger partial charge in [-0.3, -0.25) is 19.7 Å². The second-order valence-electron chi connectivity index (χ2n) is 7.73. The highest BCUT2D eigenvalue weighted by molar-refractivity contribution is 7.88. The van der Waals surface area contributed by atoms with E-state index in [1.165, 1.54) is 4.31 Å². The normalized spacial score (nSPS) is 16.6. The zero-order valence-electron chi connectivity index (χ0n) is 17.4. The number of sulfonamides is 1. The van der Waals surface area contributed by atoms with Crippen LogP contribution in [0.4, 0.5) is 5.82 Å². The van der Waals surface area contributed by atoms with Gasteiger partial charge in [0.15, 0.2) is 0 Å². The Bertz CT molecular complexity index is 1280. The van der Waals surface area contributed by atoms with E-state index in [1.807, 2.05) is 53.4 Å². The summed E-state index contributed by atoms with van der Waals surface area (Å²) in [7, 11) is -3.47. The predicted molar refractivity (Wildman–Crippen MR) is 123 cm³/mol. The molecule has 0 bridgehead atoms. The molecule has 168 valence electrons. The number of aromatic nitrogens is 2. The van der Waals surface area contributed by atoms with Crippen LogP contribution in [0.5, 0.6) is 0 Å². The molecule has 0 spiro atoms. The van der Waals surface area contributed by atoms with E-state index in [9.17, 15) is 18.0 Å². The van der Waals surface area contributed by atoms with Crippen LogP contribution in [0.3, 0.4) is 0 Å². The van der Waals surface area contributed by atoms with Gasteiger partial charge in [0.2, 0.25) is 10.0 Å². The molecule has 10 heteroatoms. The number of nitrogen functional groups attached to an aromatic ring is 1. The first kappa shape index (κ1) is 22.0. The minimum Gasteiger partial charge on any atom is -0.385 e. The van der Waals surface area contributed by atoms with Gasteiger partial charge in [-0.15, -0.1) is 0 Å². The third-order valence-corrected chi connectivity index (χ3v) is 7.47. The second kappa shape index (κ2) is 9.11. The van der Waals surface area contributed by atoms with Crippen molar-refractivity contribution in [2.75, 3.05) is 31.9 Å². The van der Waals surface area contributed by atoms with Gasteiger partial charge in [-0.05, 0) is 11.1 Å². The lowest BCUT2D eigenvalue weighted by Crippen LogP contribution is -2.51. The Hall–Kier alpha value is -3.21. The van der Waals surface area contributed by atoms with Crippen LogP contribution in [0.1, 0.15) is 22.7 Å². The van der Waals surface area contributed by atoms with Crippen molar-refractivity contribution >= 4 is 15.8 Å². The molecule has 1 fully saturated rings. The van der Waals surface area contributed by atoms with E-state index in [0.717, 1.165) is 11.1 Å². The van der Waals surface area contributed by atoms with Crippen LogP contribution in [-0.2, 0) is 15.8 Å². The smallest absolute Gasteiger partial charge is 0.327 e. The van der Waals surface area contributed by atoms with E-state index >= 15 is 0 Å². The summed E-state index contributed by atoms with van der Waals surface area (Å²) in [6, 6.07) is 17.9. The lowest BCUT2D eigenvalue weighted by atomic mass is 9.97. The minimum atomic E-state index is -3.47. The van der Waals surface area contributed by atoms with Crippen molar-refractivity contribution in [1.82, 2.24) is 19.2 Å². The summed E-state index contributed by atoms with van der Waals surface area (Å²) >= 11 is 0. The highest BCUT2D eigenvalue weighted by atomic mass is 32.2. The minimum absolute atomic E-state index is 0.00623. The number of hydrogen-bond acceptors (Lipinski definition) is 6. The van der Waals surface area contributed by atoms with Crippen LogP contribution in [0.2, 0.25) is 0 Å². The molecule has 2 aromatic carbocycles. The van der Waals surface area contributed by atoms with Crippen molar-refractivity contribution < 1.29 is 8.42 Å². The molecule has 1 aliphatic rings. The van der Waals surface area contributed by atoms with E-state index in [-0.39, 0.29) is 17.1 Å². The standard InChI is InChI=1S/C22H25N5O4S/c23-20-18(21(28)25-22(29)24-20)19(17-9-5-2-6-10-17)26-11-13-27(14-12-26)32(30,31)15-16-7-3-1-4-8-16/h1-10,19H,11-15H2,(H4,23,24,25,28,29)/t19-/m1/s1. The topological polar surface area (TPSA) is 132 Å². The number of anilines is 1. The van der Waals surface area contributed by atoms with Crippen molar-refractivity contribution in [3.63, 3.8) is 0 Å². The molecule has 1 aliphatic heterocycles. The summed E-state index contributed by atoms with van der Waals surface area (Å²) in [6.45, 7) is 1.40. The zero-order chi connectivity index (χ0) is 22.7. The number of H-pyrrole nitrogens is 2. The second-order valence-corrected chi connectivity index (χ2v) is 9.69. The Morgan fingerprint density at radius 3 is 2.06 bits per heavy atom. The zero-order valence-corrected chi connectivity index (χ0v) is 18.2. The molecule has 1 aromatic heterocycles.